The van der Waals surface area contributed by atoms with Crippen LogP contribution in [-0.2, 0) is 17.9 Å². The number of rotatable bonds is 7. The largest absolute Gasteiger partial charge is 0.457 e. The molecular weight excluding hydrogens is 338 g/mol. The molecule has 0 aliphatic carbocycles. The molecule has 0 aromatic heterocycles. The summed E-state index contributed by atoms with van der Waals surface area (Å²) in [5.41, 5.74) is 3.46. The number of hydrogen-bond acceptors (Lipinski definition) is 3. The van der Waals surface area contributed by atoms with Crippen molar-refractivity contribution in [2.45, 2.75) is 20.1 Å². The fourth-order valence-corrected chi connectivity index (χ4v) is 2.83. The summed E-state index contributed by atoms with van der Waals surface area (Å²) in [7, 11) is 1.62. The average molecular weight is 361 g/mol. The molecule has 3 aromatic rings. The molecule has 3 rings (SSSR count). The summed E-state index contributed by atoms with van der Waals surface area (Å²) in [6.45, 7) is 2.78. The third kappa shape index (κ3) is 4.74. The Morgan fingerprint density at radius 3 is 2.22 bits per heavy atom. The number of methoxy groups -OCH3 is 1. The van der Waals surface area contributed by atoms with E-state index < -0.39 is 0 Å². The van der Waals surface area contributed by atoms with Crippen molar-refractivity contribution in [2.24, 2.45) is 0 Å². The van der Waals surface area contributed by atoms with Gasteiger partial charge in [0.25, 0.3) is 5.91 Å². The number of carbonyl (C=O) groups is 1. The summed E-state index contributed by atoms with van der Waals surface area (Å²) < 4.78 is 11.2. The van der Waals surface area contributed by atoms with Crippen molar-refractivity contribution in [1.82, 2.24) is 5.32 Å². The maximum Gasteiger partial charge on any atom is 0.251 e. The Hall–Kier alpha value is -3.11. The maximum atomic E-state index is 12.6. The van der Waals surface area contributed by atoms with E-state index in [-0.39, 0.29) is 5.91 Å². The molecule has 138 valence electrons. The molecule has 0 saturated heterocycles. The normalized spacial score (nSPS) is 10.4. The monoisotopic (exact) mass is 361 g/mol. The second-order valence-electron chi connectivity index (χ2n) is 6.25. The molecule has 3 aromatic carbocycles. The summed E-state index contributed by atoms with van der Waals surface area (Å²) in [5.74, 6) is 1.41. The van der Waals surface area contributed by atoms with Crippen LogP contribution in [-0.4, -0.2) is 13.0 Å². The van der Waals surface area contributed by atoms with Gasteiger partial charge in [0.05, 0.1) is 6.61 Å². The second-order valence-corrected chi connectivity index (χ2v) is 6.25. The van der Waals surface area contributed by atoms with Crippen molar-refractivity contribution in [2.75, 3.05) is 7.11 Å². The second kappa shape index (κ2) is 9.01. The summed E-state index contributed by atoms with van der Waals surface area (Å²) in [6.07, 6.45) is 0. The molecule has 0 aliphatic rings. The van der Waals surface area contributed by atoms with E-state index in [1.54, 1.807) is 13.2 Å². The lowest BCUT2D eigenvalue weighted by molar-refractivity contribution is 0.0946. The first kappa shape index (κ1) is 18.7. The number of nitrogens with one attached hydrogen (secondary N) is 1. The summed E-state index contributed by atoms with van der Waals surface area (Å²) >= 11 is 0. The third-order valence-corrected chi connectivity index (χ3v) is 4.29. The van der Waals surface area contributed by atoms with Crippen LogP contribution < -0.4 is 10.1 Å². The van der Waals surface area contributed by atoms with E-state index >= 15 is 0 Å². The lowest BCUT2D eigenvalue weighted by atomic mass is 10.1. The molecule has 0 saturated carbocycles. The zero-order chi connectivity index (χ0) is 19.1. The van der Waals surface area contributed by atoms with Crippen LogP contribution >= 0.6 is 0 Å². The SMILES string of the molecule is COCc1ccccc1C(=O)NCc1ccccc1Oc1ccccc1C. The van der Waals surface area contributed by atoms with E-state index in [0.29, 0.717) is 18.7 Å². The number of benzene rings is 3. The van der Waals surface area contributed by atoms with Gasteiger partial charge in [-0.3, -0.25) is 4.79 Å². The van der Waals surface area contributed by atoms with E-state index in [9.17, 15) is 4.79 Å². The molecular formula is C23H23NO3. The summed E-state index contributed by atoms with van der Waals surface area (Å²) in [4.78, 5) is 12.6. The van der Waals surface area contributed by atoms with Gasteiger partial charge in [0, 0.05) is 24.8 Å². The highest BCUT2D eigenvalue weighted by molar-refractivity contribution is 5.95. The van der Waals surface area contributed by atoms with Crippen LogP contribution in [0, 0.1) is 6.92 Å². The highest BCUT2D eigenvalue weighted by Crippen LogP contribution is 2.27. The van der Waals surface area contributed by atoms with Crippen LogP contribution in [0.1, 0.15) is 27.0 Å². The molecule has 0 bridgehead atoms. The Bertz CT molecular complexity index is 921. The van der Waals surface area contributed by atoms with Gasteiger partial charge in [-0.15, -0.1) is 0 Å². The lowest BCUT2D eigenvalue weighted by Gasteiger charge is -2.14. The molecule has 0 aliphatic heterocycles. The van der Waals surface area contributed by atoms with Crippen molar-refractivity contribution in [3.63, 3.8) is 0 Å². The zero-order valence-electron chi connectivity index (χ0n) is 15.6. The highest BCUT2D eigenvalue weighted by atomic mass is 16.5. The van der Waals surface area contributed by atoms with Crippen molar-refractivity contribution in [1.29, 1.82) is 0 Å². The van der Waals surface area contributed by atoms with Gasteiger partial charge in [-0.05, 0) is 36.2 Å². The van der Waals surface area contributed by atoms with E-state index in [4.69, 9.17) is 9.47 Å². The first-order chi connectivity index (χ1) is 13.2. The average Bonchev–Trinajstić information content (AvgIpc) is 2.69. The Morgan fingerprint density at radius 1 is 0.852 bits per heavy atom. The Balaban J connectivity index is 1.74. The van der Waals surface area contributed by atoms with Gasteiger partial charge in [0.15, 0.2) is 0 Å². The summed E-state index contributed by atoms with van der Waals surface area (Å²) in [6, 6.07) is 23.0. The molecule has 4 heteroatoms. The van der Waals surface area contributed by atoms with Gasteiger partial charge in [-0.2, -0.15) is 0 Å². The van der Waals surface area contributed by atoms with E-state index in [2.05, 4.69) is 5.32 Å². The van der Waals surface area contributed by atoms with Gasteiger partial charge in [-0.25, -0.2) is 0 Å². The van der Waals surface area contributed by atoms with Crippen molar-refractivity contribution in [3.05, 3.63) is 95.1 Å². The minimum absolute atomic E-state index is 0.131. The fraction of sp³-hybridized carbons (Fsp3) is 0.174. The number of hydrogen-bond donors (Lipinski definition) is 1. The van der Waals surface area contributed by atoms with Gasteiger partial charge in [0.2, 0.25) is 0 Å². The molecule has 0 spiro atoms. The van der Waals surface area contributed by atoms with E-state index in [0.717, 1.165) is 28.2 Å². The maximum absolute atomic E-state index is 12.6. The number of carbonyl (C=O) groups excluding carboxylic acids is 1. The van der Waals surface area contributed by atoms with Crippen LogP contribution in [0.5, 0.6) is 11.5 Å². The summed E-state index contributed by atoms with van der Waals surface area (Å²) in [5, 5.41) is 2.98. The zero-order valence-corrected chi connectivity index (χ0v) is 15.6. The van der Waals surface area contributed by atoms with Crippen LogP contribution in [0.25, 0.3) is 0 Å². The lowest BCUT2D eigenvalue weighted by Crippen LogP contribution is -2.24. The number of amides is 1. The highest BCUT2D eigenvalue weighted by Gasteiger charge is 2.12. The first-order valence-electron chi connectivity index (χ1n) is 8.85. The predicted octanol–water partition coefficient (Wildman–Crippen LogP) is 4.86. The number of para-hydroxylation sites is 2. The molecule has 0 atom stereocenters. The minimum Gasteiger partial charge on any atom is -0.457 e. The van der Waals surface area contributed by atoms with Crippen molar-refractivity contribution < 1.29 is 14.3 Å². The molecule has 0 unspecified atom stereocenters. The van der Waals surface area contributed by atoms with Crippen LogP contribution in [0.3, 0.4) is 0 Å². The van der Waals surface area contributed by atoms with Crippen LogP contribution in [0.4, 0.5) is 0 Å². The molecule has 4 nitrogen and oxygen atoms in total. The Kier molecular flexibility index (Phi) is 6.23. The van der Waals surface area contributed by atoms with Gasteiger partial charge >= 0.3 is 0 Å². The quantitative estimate of drug-likeness (QED) is 0.653. The fourth-order valence-electron chi connectivity index (χ4n) is 2.83. The Labute approximate surface area is 159 Å². The molecule has 1 amide bonds. The smallest absolute Gasteiger partial charge is 0.251 e. The number of ether oxygens (including phenoxy) is 2. The van der Waals surface area contributed by atoms with Crippen LogP contribution in [0.15, 0.2) is 72.8 Å². The van der Waals surface area contributed by atoms with Crippen molar-refractivity contribution >= 4 is 5.91 Å². The molecule has 0 heterocycles. The standard InChI is InChI=1S/C23H23NO3/c1-17-9-3-7-13-21(17)27-22-14-8-5-10-18(22)15-24-23(25)20-12-6-4-11-19(20)16-26-2/h3-14H,15-16H2,1-2H3,(H,24,25). The minimum atomic E-state index is -0.131. The molecule has 27 heavy (non-hydrogen) atoms. The Morgan fingerprint density at radius 2 is 1.48 bits per heavy atom. The van der Waals surface area contributed by atoms with Crippen molar-refractivity contribution in [3.8, 4) is 11.5 Å². The molecule has 0 fully saturated rings. The molecule has 1 N–H and O–H groups in total. The van der Waals surface area contributed by atoms with E-state index in [1.807, 2.05) is 73.7 Å². The van der Waals surface area contributed by atoms with E-state index in [1.165, 1.54) is 0 Å². The van der Waals surface area contributed by atoms with Gasteiger partial charge in [0.1, 0.15) is 11.5 Å². The third-order valence-electron chi connectivity index (χ3n) is 4.29. The molecule has 0 radical (unpaired) electrons. The van der Waals surface area contributed by atoms with Crippen LogP contribution in [0.2, 0.25) is 0 Å². The van der Waals surface area contributed by atoms with Gasteiger partial charge in [-0.1, -0.05) is 54.6 Å². The number of aryl methyl sites for hydroxylation is 1. The predicted molar refractivity (Wildman–Crippen MR) is 106 cm³/mol. The topological polar surface area (TPSA) is 47.6 Å². The van der Waals surface area contributed by atoms with Gasteiger partial charge < -0.3 is 14.8 Å². The first-order valence-corrected chi connectivity index (χ1v) is 8.85.